The van der Waals surface area contributed by atoms with Crippen LogP contribution in [0, 0.1) is 0 Å². The van der Waals surface area contributed by atoms with E-state index in [1.165, 1.54) is 42.3 Å². The van der Waals surface area contributed by atoms with Crippen molar-refractivity contribution >= 4 is 28.4 Å². The SMILES string of the molecule is O=C(CSCc1cccc2ccccc12)N1CCC(N2CCCC2)CC1. The van der Waals surface area contributed by atoms with E-state index in [-0.39, 0.29) is 0 Å². The van der Waals surface area contributed by atoms with E-state index in [0.29, 0.717) is 17.7 Å². The molecule has 0 aromatic heterocycles. The van der Waals surface area contributed by atoms with Crippen molar-refractivity contribution < 1.29 is 4.79 Å². The van der Waals surface area contributed by atoms with Gasteiger partial charge in [-0.05, 0) is 55.1 Å². The number of nitrogens with zero attached hydrogens (tertiary/aromatic N) is 2. The van der Waals surface area contributed by atoms with Gasteiger partial charge in [0, 0.05) is 24.9 Å². The molecule has 2 heterocycles. The quantitative estimate of drug-likeness (QED) is 0.792. The number of hydrogen-bond donors (Lipinski definition) is 0. The van der Waals surface area contributed by atoms with Crippen molar-refractivity contribution in [2.75, 3.05) is 31.9 Å². The summed E-state index contributed by atoms with van der Waals surface area (Å²) in [6.45, 7) is 4.41. The van der Waals surface area contributed by atoms with Gasteiger partial charge >= 0.3 is 0 Å². The van der Waals surface area contributed by atoms with Crippen molar-refractivity contribution in [2.24, 2.45) is 0 Å². The Balaban J connectivity index is 1.25. The molecule has 0 bridgehead atoms. The molecule has 3 nitrogen and oxygen atoms in total. The van der Waals surface area contributed by atoms with Crippen molar-refractivity contribution in [2.45, 2.75) is 37.5 Å². The second-order valence-corrected chi connectivity index (χ2v) is 8.47. The van der Waals surface area contributed by atoms with E-state index in [1.807, 2.05) is 0 Å². The number of carbonyl (C=O) groups excluding carboxylic acids is 1. The molecular formula is C22H28N2OS. The molecule has 0 spiro atoms. The third kappa shape index (κ3) is 4.07. The van der Waals surface area contributed by atoms with E-state index in [9.17, 15) is 4.79 Å². The van der Waals surface area contributed by atoms with E-state index in [4.69, 9.17) is 0 Å². The van der Waals surface area contributed by atoms with Crippen molar-refractivity contribution in [1.29, 1.82) is 0 Å². The molecule has 2 aliphatic heterocycles. The third-order valence-electron chi connectivity index (χ3n) is 5.84. The van der Waals surface area contributed by atoms with Crippen LogP contribution in [0.25, 0.3) is 10.8 Å². The smallest absolute Gasteiger partial charge is 0.232 e. The molecule has 2 saturated heterocycles. The number of benzene rings is 2. The van der Waals surface area contributed by atoms with Gasteiger partial charge in [-0.1, -0.05) is 42.5 Å². The maximum Gasteiger partial charge on any atom is 0.232 e. The molecule has 0 atom stereocenters. The minimum Gasteiger partial charge on any atom is -0.342 e. The Morgan fingerprint density at radius 1 is 0.962 bits per heavy atom. The van der Waals surface area contributed by atoms with Gasteiger partial charge in [0.1, 0.15) is 0 Å². The molecular weight excluding hydrogens is 340 g/mol. The zero-order valence-electron chi connectivity index (χ0n) is 15.4. The Hall–Kier alpha value is -1.52. The van der Waals surface area contributed by atoms with Crippen LogP contribution in [0.2, 0.25) is 0 Å². The summed E-state index contributed by atoms with van der Waals surface area (Å²) in [5.74, 6) is 1.81. The maximum atomic E-state index is 12.6. The lowest BCUT2D eigenvalue weighted by atomic mass is 10.0. The zero-order chi connectivity index (χ0) is 17.8. The second-order valence-electron chi connectivity index (χ2n) is 7.49. The summed E-state index contributed by atoms with van der Waals surface area (Å²) in [4.78, 5) is 17.3. The molecule has 4 rings (SSSR count). The highest BCUT2D eigenvalue weighted by molar-refractivity contribution is 7.99. The Bertz CT molecular complexity index is 743. The van der Waals surface area contributed by atoms with E-state index in [1.54, 1.807) is 11.8 Å². The Morgan fingerprint density at radius 2 is 1.69 bits per heavy atom. The first kappa shape index (κ1) is 17.9. The number of thioether (sulfide) groups is 1. The number of rotatable bonds is 5. The number of fused-ring (bicyclic) bond motifs is 1. The molecule has 0 N–H and O–H groups in total. The van der Waals surface area contributed by atoms with Crippen LogP contribution < -0.4 is 0 Å². The van der Waals surface area contributed by atoms with Crippen LogP contribution in [0.1, 0.15) is 31.2 Å². The summed E-state index contributed by atoms with van der Waals surface area (Å²) in [6.07, 6.45) is 5.01. The lowest BCUT2D eigenvalue weighted by molar-refractivity contribution is -0.129. The lowest BCUT2D eigenvalue weighted by Gasteiger charge is -2.36. The molecule has 2 fully saturated rings. The van der Waals surface area contributed by atoms with Crippen molar-refractivity contribution in [3.05, 3.63) is 48.0 Å². The topological polar surface area (TPSA) is 23.6 Å². The normalized spacial score (nSPS) is 19.3. The van der Waals surface area contributed by atoms with Gasteiger partial charge in [0.2, 0.25) is 5.91 Å². The molecule has 0 unspecified atom stereocenters. The molecule has 26 heavy (non-hydrogen) atoms. The number of piperidine rings is 1. The maximum absolute atomic E-state index is 12.6. The Labute approximate surface area is 160 Å². The predicted molar refractivity (Wildman–Crippen MR) is 111 cm³/mol. The summed E-state index contributed by atoms with van der Waals surface area (Å²) in [6, 6.07) is 15.7. The van der Waals surface area contributed by atoms with Gasteiger partial charge in [0.25, 0.3) is 0 Å². The molecule has 0 aliphatic carbocycles. The first-order chi connectivity index (χ1) is 12.8. The highest BCUT2D eigenvalue weighted by atomic mass is 32.2. The fraction of sp³-hybridized carbons (Fsp3) is 0.500. The van der Waals surface area contributed by atoms with Gasteiger partial charge in [-0.3, -0.25) is 4.79 Å². The van der Waals surface area contributed by atoms with Crippen LogP contribution in [-0.2, 0) is 10.5 Å². The Kier molecular flexibility index (Phi) is 5.81. The third-order valence-corrected chi connectivity index (χ3v) is 6.80. The molecule has 138 valence electrons. The number of likely N-dealkylation sites (tertiary alicyclic amines) is 2. The first-order valence-electron chi connectivity index (χ1n) is 9.87. The fourth-order valence-corrected chi connectivity index (χ4v) is 5.28. The highest BCUT2D eigenvalue weighted by Gasteiger charge is 2.28. The van der Waals surface area contributed by atoms with Gasteiger partial charge in [0.15, 0.2) is 0 Å². The van der Waals surface area contributed by atoms with E-state index in [0.717, 1.165) is 31.7 Å². The molecule has 2 aromatic rings. The average molecular weight is 369 g/mol. The van der Waals surface area contributed by atoms with Gasteiger partial charge in [-0.15, -0.1) is 11.8 Å². The van der Waals surface area contributed by atoms with E-state index < -0.39 is 0 Å². The minimum absolute atomic E-state index is 0.315. The standard InChI is InChI=1S/C22H28N2OS/c25-22(24-14-10-20(11-15-24)23-12-3-4-13-23)17-26-16-19-8-5-7-18-6-1-2-9-21(18)19/h1-2,5-9,20H,3-4,10-17H2. The summed E-state index contributed by atoms with van der Waals surface area (Å²) in [5.41, 5.74) is 1.33. The van der Waals surface area contributed by atoms with Crippen molar-refractivity contribution in [3.63, 3.8) is 0 Å². The molecule has 0 saturated carbocycles. The molecule has 2 aromatic carbocycles. The van der Waals surface area contributed by atoms with Crippen LogP contribution in [0.5, 0.6) is 0 Å². The highest BCUT2D eigenvalue weighted by Crippen LogP contribution is 2.24. The van der Waals surface area contributed by atoms with Crippen LogP contribution >= 0.6 is 11.8 Å². The van der Waals surface area contributed by atoms with Crippen LogP contribution in [-0.4, -0.2) is 53.7 Å². The van der Waals surface area contributed by atoms with E-state index in [2.05, 4.69) is 52.3 Å². The number of hydrogen-bond acceptors (Lipinski definition) is 3. The summed E-state index contributed by atoms with van der Waals surface area (Å²) < 4.78 is 0. The minimum atomic E-state index is 0.315. The van der Waals surface area contributed by atoms with Crippen LogP contribution in [0.15, 0.2) is 42.5 Å². The van der Waals surface area contributed by atoms with Gasteiger partial charge in [0.05, 0.1) is 5.75 Å². The van der Waals surface area contributed by atoms with Crippen LogP contribution in [0.3, 0.4) is 0 Å². The average Bonchev–Trinajstić information content (AvgIpc) is 3.23. The fourth-order valence-electron chi connectivity index (χ4n) is 4.35. The predicted octanol–water partition coefficient (Wildman–Crippen LogP) is 4.16. The second kappa shape index (κ2) is 8.45. The molecule has 4 heteroatoms. The number of carbonyl (C=O) groups is 1. The monoisotopic (exact) mass is 368 g/mol. The summed E-state index contributed by atoms with van der Waals surface area (Å²) in [5, 5.41) is 2.59. The largest absolute Gasteiger partial charge is 0.342 e. The van der Waals surface area contributed by atoms with Gasteiger partial charge < -0.3 is 9.80 Å². The summed E-state index contributed by atoms with van der Waals surface area (Å²) in [7, 11) is 0. The van der Waals surface area contributed by atoms with Gasteiger partial charge in [-0.25, -0.2) is 0 Å². The molecule has 2 aliphatic rings. The lowest BCUT2D eigenvalue weighted by Crippen LogP contribution is -2.46. The van der Waals surface area contributed by atoms with Crippen molar-refractivity contribution in [1.82, 2.24) is 9.80 Å². The van der Waals surface area contributed by atoms with Gasteiger partial charge in [-0.2, -0.15) is 0 Å². The number of amides is 1. The van der Waals surface area contributed by atoms with E-state index >= 15 is 0 Å². The Morgan fingerprint density at radius 3 is 2.50 bits per heavy atom. The molecule has 0 radical (unpaired) electrons. The zero-order valence-corrected chi connectivity index (χ0v) is 16.2. The van der Waals surface area contributed by atoms with Crippen LogP contribution in [0.4, 0.5) is 0 Å². The van der Waals surface area contributed by atoms with Crippen molar-refractivity contribution in [3.8, 4) is 0 Å². The summed E-state index contributed by atoms with van der Waals surface area (Å²) >= 11 is 1.75. The first-order valence-corrected chi connectivity index (χ1v) is 11.0. The molecule has 1 amide bonds.